The van der Waals surface area contributed by atoms with Crippen molar-refractivity contribution < 1.29 is 23.0 Å². The third-order valence-electron chi connectivity index (χ3n) is 6.57. The van der Waals surface area contributed by atoms with Crippen LogP contribution >= 0.6 is 0 Å². The molecule has 0 radical (unpaired) electrons. The van der Waals surface area contributed by atoms with E-state index < -0.39 is 5.92 Å². The Morgan fingerprint density at radius 1 is 1.19 bits per heavy atom. The maximum absolute atomic E-state index is 13.4. The largest absolute Gasteiger partial charge is 0.378 e. The van der Waals surface area contributed by atoms with Gasteiger partial charge in [-0.25, -0.2) is 8.78 Å². The number of fused-ring (bicyclic) bond motifs is 2. The number of morpholine rings is 1. The fourth-order valence-electron chi connectivity index (χ4n) is 5.24. The van der Waals surface area contributed by atoms with Crippen LogP contribution in [0.1, 0.15) is 25.7 Å². The number of halogens is 2. The zero-order chi connectivity index (χ0) is 18.4. The highest BCUT2D eigenvalue weighted by Crippen LogP contribution is 2.41. The normalized spacial score (nSPS) is 32.3. The van der Waals surface area contributed by atoms with Crippen molar-refractivity contribution in [2.24, 2.45) is 0 Å². The number of piperazine rings is 1. The lowest BCUT2D eigenvalue weighted by Crippen LogP contribution is -2.82. The Morgan fingerprint density at radius 2 is 1.92 bits per heavy atom. The van der Waals surface area contributed by atoms with Gasteiger partial charge in [-0.2, -0.15) is 0 Å². The molecule has 0 N–H and O–H groups in total. The van der Waals surface area contributed by atoms with Gasteiger partial charge in [0.05, 0.1) is 24.8 Å². The minimum atomic E-state index is -2.48. The Labute approximate surface area is 153 Å². The molecule has 1 saturated carbocycles. The van der Waals surface area contributed by atoms with E-state index in [1.165, 1.54) is 7.11 Å². The SMILES string of the molecule is COCC(=O)N1CC2COCCN2C2(C1)CN(C1CCC(F)(F)CC1)C2. The van der Waals surface area contributed by atoms with E-state index >= 15 is 0 Å². The van der Waals surface area contributed by atoms with Crippen molar-refractivity contribution in [1.82, 2.24) is 14.7 Å². The molecule has 8 heteroatoms. The Kier molecular flexibility index (Phi) is 4.96. The second kappa shape index (κ2) is 6.96. The standard InChI is InChI=1S/C18H29F2N3O3/c1-25-10-16(24)21-8-15-9-26-7-6-23(15)17(11-21)12-22(13-17)14-2-4-18(19,20)5-3-14/h14-15H,2-13H2,1H3. The number of methoxy groups -OCH3 is 1. The van der Waals surface area contributed by atoms with Crippen LogP contribution in [0.4, 0.5) is 8.78 Å². The average Bonchev–Trinajstić information content (AvgIpc) is 2.59. The van der Waals surface area contributed by atoms with Gasteiger partial charge in [-0.1, -0.05) is 0 Å². The molecule has 4 aliphatic rings. The van der Waals surface area contributed by atoms with Gasteiger partial charge in [0, 0.05) is 58.7 Å². The minimum Gasteiger partial charge on any atom is -0.378 e. The van der Waals surface area contributed by atoms with E-state index in [9.17, 15) is 13.6 Å². The van der Waals surface area contributed by atoms with Crippen LogP contribution in [0.25, 0.3) is 0 Å². The highest BCUT2D eigenvalue weighted by Gasteiger charge is 2.56. The fourth-order valence-corrected chi connectivity index (χ4v) is 5.24. The summed E-state index contributed by atoms with van der Waals surface area (Å²) in [7, 11) is 1.54. The highest BCUT2D eigenvalue weighted by atomic mass is 19.3. The van der Waals surface area contributed by atoms with Crippen LogP contribution in [0.15, 0.2) is 0 Å². The van der Waals surface area contributed by atoms with Gasteiger partial charge in [-0.3, -0.25) is 14.6 Å². The van der Waals surface area contributed by atoms with Crippen molar-refractivity contribution in [2.45, 2.75) is 49.2 Å². The van der Waals surface area contributed by atoms with Crippen LogP contribution in [0.5, 0.6) is 0 Å². The topological polar surface area (TPSA) is 45.2 Å². The molecule has 0 aromatic carbocycles. The van der Waals surface area contributed by atoms with Crippen molar-refractivity contribution in [3.63, 3.8) is 0 Å². The van der Waals surface area contributed by atoms with Gasteiger partial charge in [0.2, 0.25) is 11.8 Å². The number of carbonyl (C=O) groups excluding carboxylic acids is 1. The van der Waals surface area contributed by atoms with Crippen LogP contribution in [0.3, 0.4) is 0 Å². The molecule has 6 nitrogen and oxygen atoms in total. The van der Waals surface area contributed by atoms with E-state index in [0.29, 0.717) is 32.5 Å². The lowest BCUT2D eigenvalue weighted by Gasteiger charge is -2.65. The first-order valence-corrected chi connectivity index (χ1v) is 9.66. The number of ether oxygens (including phenoxy) is 2. The Bertz CT molecular complexity index is 532. The smallest absolute Gasteiger partial charge is 0.248 e. The van der Waals surface area contributed by atoms with Crippen molar-refractivity contribution in [1.29, 1.82) is 0 Å². The molecule has 1 unspecified atom stereocenters. The van der Waals surface area contributed by atoms with Crippen LogP contribution in [-0.4, -0.2) is 104 Å². The van der Waals surface area contributed by atoms with Gasteiger partial charge in [0.25, 0.3) is 0 Å². The van der Waals surface area contributed by atoms with Gasteiger partial charge in [0.1, 0.15) is 6.61 Å². The molecule has 0 aromatic rings. The molecule has 3 heterocycles. The van der Waals surface area contributed by atoms with Gasteiger partial charge >= 0.3 is 0 Å². The number of nitrogens with zero attached hydrogens (tertiary/aromatic N) is 3. The summed E-state index contributed by atoms with van der Waals surface area (Å²) in [6.45, 7) is 5.45. The fraction of sp³-hybridized carbons (Fsp3) is 0.944. The number of amides is 1. The molecular formula is C18H29F2N3O3. The highest BCUT2D eigenvalue weighted by molar-refractivity contribution is 5.77. The van der Waals surface area contributed by atoms with Gasteiger partial charge in [-0.15, -0.1) is 0 Å². The van der Waals surface area contributed by atoms with Gasteiger partial charge in [0.15, 0.2) is 0 Å². The average molecular weight is 373 g/mol. The lowest BCUT2D eigenvalue weighted by atomic mass is 9.79. The number of carbonyl (C=O) groups is 1. The summed E-state index contributed by atoms with van der Waals surface area (Å²) in [4.78, 5) is 19.2. The number of hydrogen-bond acceptors (Lipinski definition) is 5. The summed E-state index contributed by atoms with van der Waals surface area (Å²) < 4.78 is 37.6. The first-order valence-electron chi connectivity index (χ1n) is 9.66. The molecule has 3 saturated heterocycles. The van der Waals surface area contributed by atoms with Crippen molar-refractivity contribution >= 4 is 5.91 Å². The van der Waals surface area contributed by atoms with E-state index in [4.69, 9.17) is 9.47 Å². The molecule has 4 rings (SSSR count). The lowest BCUT2D eigenvalue weighted by molar-refractivity contribution is -0.186. The van der Waals surface area contributed by atoms with Crippen molar-refractivity contribution in [3.8, 4) is 0 Å². The first kappa shape index (κ1) is 18.5. The zero-order valence-corrected chi connectivity index (χ0v) is 15.5. The molecule has 26 heavy (non-hydrogen) atoms. The number of alkyl halides is 2. The van der Waals surface area contributed by atoms with Crippen LogP contribution < -0.4 is 0 Å². The van der Waals surface area contributed by atoms with Gasteiger partial charge in [-0.05, 0) is 12.8 Å². The predicted octanol–water partition coefficient (Wildman–Crippen LogP) is 0.808. The monoisotopic (exact) mass is 373 g/mol. The van der Waals surface area contributed by atoms with Gasteiger partial charge < -0.3 is 14.4 Å². The zero-order valence-electron chi connectivity index (χ0n) is 15.5. The first-order chi connectivity index (χ1) is 12.4. The Balaban J connectivity index is 1.43. The molecule has 1 aliphatic carbocycles. The predicted molar refractivity (Wildman–Crippen MR) is 91.3 cm³/mol. The summed E-state index contributed by atoms with van der Waals surface area (Å²) in [5.41, 5.74) is -0.0595. The quantitative estimate of drug-likeness (QED) is 0.733. The van der Waals surface area contributed by atoms with E-state index in [2.05, 4.69) is 9.80 Å². The number of likely N-dealkylation sites (tertiary alicyclic amines) is 1. The van der Waals surface area contributed by atoms with Crippen molar-refractivity contribution in [3.05, 3.63) is 0 Å². The van der Waals surface area contributed by atoms with Crippen LogP contribution in [0.2, 0.25) is 0 Å². The number of hydrogen-bond donors (Lipinski definition) is 0. The minimum absolute atomic E-state index is 0.000203. The van der Waals surface area contributed by atoms with Crippen molar-refractivity contribution in [2.75, 3.05) is 59.7 Å². The summed E-state index contributed by atoms with van der Waals surface area (Å²) in [5, 5.41) is 0. The third-order valence-corrected chi connectivity index (χ3v) is 6.57. The van der Waals surface area contributed by atoms with E-state index in [-0.39, 0.29) is 43.0 Å². The second-order valence-corrected chi connectivity index (χ2v) is 8.35. The molecule has 1 spiro atoms. The molecule has 1 amide bonds. The molecule has 0 aromatic heterocycles. The summed E-state index contributed by atoms with van der Waals surface area (Å²) in [6.07, 6.45) is 1.14. The maximum atomic E-state index is 13.4. The summed E-state index contributed by atoms with van der Waals surface area (Å²) >= 11 is 0. The molecule has 4 fully saturated rings. The summed E-state index contributed by atoms with van der Waals surface area (Å²) in [6, 6.07) is 0.473. The summed E-state index contributed by atoms with van der Waals surface area (Å²) in [5.74, 6) is -2.46. The molecule has 3 aliphatic heterocycles. The molecular weight excluding hydrogens is 344 g/mol. The third kappa shape index (κ3) is 3.37. The van der Waals surface area contributed by atoms with E-state index in [1.807, 2.05) is 4.90 Å². The van der Waals surface area contributed by atoms with Crippen LogP contribution in [-0.2, 0) is 14.3 Å². The molecule has 148 valence electrons. The Hall–Kier alpha value is -0.830. The molecule has 0 bridgehead atoms. The van der Waals surface area contributed by atoms with E-state index in [1.54, 1.807) is 0 Å². The van der Waals surface area contributed by atoms with Crippen LogP contribution in [0, 0.1) is 0 Å². The van der Waals surface area contributed by atoms with E-state index in [0.717, 1.165) is 26.2 Å². The number of rotatable bonds is 3. The molecule has 1 atom stereocenters. The Morgan fingerprint density at radius 3 is 2.62 bits per heavy atom. The maximum Gasteiger partial charge on any atom is 0.248 e. The second-order valence-electron chi connectivity index (χ2n) is 8.35.